The Kier molecular flexibility index (Phi) is 3.40. The van der Waals surface area contributed by atoms with Gasteiger partial charge in [-0.2, -0.15) is 0 Å². The molecule has 2 aliphatic carbocycles. The molecule has 0 aromatic carbocycles. The minimum Gasteiger partial charge on any atom is -0.316 e. The SMILES string of the molecule is C1CC2CC1CC2CN1C[C@H]2CNC[C@H]2C1.Cl. The molecule has 4 aliphatic rings. The third kappa shape index (κ3) is 2.13. The molecule has 2 nitrogen and oxygen atoms in total. The van der Waals surface area contributed by atoms with Crippen molar-refractivity contribution < 1.29 is 0 Å². The molecule has 2 saturated carbocycles. The highest BCUT2D eigenvalue weighted by Crippen LogP contribution is 2.48. The molecule has 0 radical (unpaired) electrons. The van der Waals surface area contributed by atoms with Crippen LogP contribution >= 0.6 is 12.4 Å². The molecule has 4 fully saturated rings. The van der Waals surface area contributed by atoms with Crippen molar-refractivity contribution in [3.05, 3.63) is 0 Å². The number of nitrogens with zero attached hydrogens (tertiary/aromatic N) is 1. The smallest absolute Gasteiger partial charge is 0.00257 e. The van der Waals surface area contributed by atoms with Crippen LogP contribution in [-0.4, -0.2) is 37.6 Å². The maximum absolute atomic E-state index is 3.54. The van der Waals surface area contributed by atoms with E-state index in [9.17, 15) is 0 Å². The molecule has 2 saturated heterocycles. The van der Waals surface area contributed by atoms with Gasteiger partial charge in [0.1, 0.15) is 0 Å². The highest BCUT2D eigenvalue weighted by molar-refractivity contribution is 5.85. The van der Waals surface area contributed by atoms with Gasteiger partial charge in [0.25, 0.3) is 0 Å². The number of hydrogen-bond acceptors (Lipinski definition) is 2. The van der Waals surface area contributed by atoms with E-state index in [2.05, 4.69) is 10.2 Å². The molecule has 2 aliphatic heterocycles. The Labute approximate surface area is 111 Å². The van der Waals surface area contributed by atoms with Crippen molar-refractivity contribution in [3.8, 4) is 0 Å². The van der Waals surface area contributed by atoms with Crippen LogP contribution in [0.1, 0.15) is 25.7 Å². The van der Waals surface area contributed by atoms with Crippen molar-refractivity contribution in [2.75, 3.05) is 32.7 Å². The number of nitrogens with one attached hydrogen (secondary N) is 1. The lowest BCUT2D eigenvalue weighted by atomic mass is 9.88. The van der Waals surface area contributed by atoms with Gasteiger partial charge >= 0.3 is 0 Å². The van der Waals surface area contributed by atoms with Crippen LogP contribution < -0.4 is 5.32 Å². The summed E-state index contributed by atoms with van der Waals surface area (Å²) in [5.74, 6) is 5.28. The molecule has 1 N–H and O–H groups in total. The van der Waals surface area contributed by atoms with Gasteiger partial charge in [0.15, 0.2) is 0 Å². The fourth-order valence-electron chi connectivity index (χ4n) is 5.03. The van der Waals surface area contributed by atoms with E-state index in [1.54, 1.807) is 25.7 Å². The van der Waals surface area contributed by atoms with Crippen molar-refractivity contribution in [1.82, 2.24) is 10.2 Å². The summed E-state index contributed by atoms with van der Waals surface area (Å²) in [6.45, 7) is 6.81. The average molecular weight is 257 g/mol. The fourth-order valence-corrected chi connectivity index (χ4v) is 5.03. The molecule has 4 rings (SSSR count). The molecule has 0 amide bonds. The van der Waals surface area contributed by atoms with Crippen molar-refractivity contribution >= 4 is 12.4 Å². The summed E-state index contributed by atoms with van der Waals surface area (Å²) in [5.41, 5.74) is 0. The molecule has 3 unspecified atom stereocenters. The third-order valence-corrected chi connectivity index (χ3v) is 5.84. The highest BCUT2D eigenvalue weighted by Gasteiger charge is 2.42. The zero-order valence-electron chi connectivity index (χ0n) is 10.6. The quantitative estimate of drug-likeness (QED) is 0.813. The topological polar surface area (TPSA) is 15.3 Å². The van der Waals surface area contributed by atoms with E-state index in [1.165, 1.54) is 32.7 Å². The first-order valence-corrected chi connectivity index (χ1v) is 7.31. The van der Waals surface area contributed by atoms with Crippen LogP contribution in [0, 0.1) is 29.6 Å². The maximum atomic E-state index is 3.54. The number of rotatable bonds is 2. The second-order valence-electron chi connectivity index (χ2n) is 6.83. The Morgan fingerprint density at radius 3 is 2.29 bits per heavy atom. The summed E-state index contributed by atoms with van der Waals surface area (Å²) in [4.78, 5) is 2.79. The number of halogens is 1. The Morgan fingerprint density at radius 2 is 1.71 bits per heavy atom. The third-order valence-electron chi connectivity index (χ3n) is 5.84. The second-order valence-corrected chi connectivity index (χ2v) is 6.83. The van der Waals surface area contributed by atoms with Gasteiger partial charge in [0.05, 0.1) is 0 Å². The van der Waals surface area contributed by atoms with Crippen molar-refractivity contribution in [3.63, 3.8) is 0 Å². The van der Waals surface area contributed by atoms with Crippen LogP contribution in [0.3, 0.4) is 0 Å². The van der Waals surface area contributed by atoms with Gasteiger partial charge in [0.2, 0.25) is 0 Å². The zero-order chi connectivity index (χ0) is 10.5. The normalized spacial score (nSPS) is 48.4. The summed E-state index contributed by atoms with van der Waals surface area (Å²) < 4.78 is 0. The molecule has 0 aromatic heterocycles. The minimum absolute atomic E-state index is 0. The summed E-state index contributed by atoms with van der Waals surface area (Å²) in [5, 5.41) is 3.54. The predicted octanol–water partition coefficient (Wildman–Crippen LogP) is 2.00. The molecule has 5 atom stereocenters. The highest BCUT2D eigenvalue weighted by atomic mass is 35.5. The van der Waals surface area contributed by atoms with Crippen LogP contribution in [-0.2, 0) is 0 Å². The van der Waals surface area contributed by atoms with E-state index >= 15 is 0 Å². The van der Waals surface area contributed by atoms with Gasteiger partial charge in [0, 0.05) is 19.6 Å². The van der Waals surface area contributed by atoms with Crippen LogP contribution in [0.25, 0.3) is 0 Å². The van der Waals surface area contributed by atoms with Gasteiger partial charge in [-0.1, -0.05) is 6.42 Å². The number of hydrogen-bond donors (Lipinski definition) is 1. The van der Waals surface area contributed by atoms with Gasteiger partial charge in [-0.3, -0.25) is 0 Å². The minimum atomic E-state index is 0. The Morgan fingerprint density at radius 1 is 0.941 bits per heavy atom. The van der Waals surface area contributed by atoms with Crippen molar-refractivity contribution in [2.45, 2.75) is 25.7 Å². The summed E-state index contributed by atoms with van der Waals surface area (Å²) in [6, 6.07) is 0. The molecule has 3 heteroatoms. The van der Waals surface area contributed by atoms with Crippen LogP contribution in [0.4, 0.5) is 0 Å². The van der Waals surface area contributed by atoms with E-state index in [-0.39, 0.29) is 12.4 Å². The van der Waals surface area contributed by atoms with Gasteiger partial charge in [-0.25, -0.2) is 0 Å². The molecule has 2 heterocycles. The predicted molar refractivity (Wildman–Crippen MR) is 72.5 cm³/mol. The molecule has 0 spiro atoms. The van der Waals surface area contributed by atoms with E-state index in [1.807, 2.05) is 0 Å². The lowest BCUT2D eigenvalue weighted by Crippen LogP contribution is -2.32. The van der Waals surface area contributed by atoms with Crippen molar-refractivity contribution in [1.29, 1.82) is 0 Å². The second kappa shape index (κ2) is 4.71. The van der Waals surface area contributed by atoms with E-state index < -0.39 is 0 Å². The summed E-state index contributed by atoms with van der Waals surface area (Å²) >= 11 is 0. The van der Waals surface area contributed by atoms with E-state index in [0.29, 0.717) is 0 Å². The number of fused-ring (bicyclic) bond motifs is 3. The van der Waals surface area contributed by atoms with Crippen LogP contribution in [0.2, 0.25) is 0 Å². The van der Waals surface area contributed by atoms with Gasteiger partial charge < -0.3 is 10.2 Å². The Hall–Kier alpha value is 0.210. The molecule has 0 aromatic rings. The lowest BCUT2D eigenvalue weighted by molar-refractivity contribution is 0.210. The number of likely N-dealkylation sites (tertiary alicyclic amines) is 1. The molecule has 98 valence electrons. The molecular formula is C14H25ClN2. The lowest BCUT2D eigenvalue weighted by Gasteiger charge is -2.27. The first kappa shape index (κ1) is 12.3. The Balaban J connectivity index is 0.000000902. The molecule has 2 bridgehead atoms. The standard InChI is InChI=1S/C14H24N2.ClH/c1-2-11-3-10(1)4-12(11)7-16-8-13-5-15-6-14(13)9-16;/h10-15H,1-9H2;1H/t10?,11?,12?,13-,14+;. The largest absolute Gasteiger partial charge is 0.316 e. The first-order valence-electron chi connectivity index (χ1n) is 7.31. The zero-order valence-corrected chi connectivity index (χ0v) is 11.4. The first-order chi connectivity index (χ1) is 7.88. The van der Waals surface area contributed by atoms with Crippen LogP contribution in [0.15, 0.2) is 0 Å². The fraction of sp³-hybridized carbons (Fsp3) is 1.00. The van der Waals surface area contributed by atoms with Crippen LogP contribution in [0.5, 0.6) is 0 Å². The van der Waals surface area contributed by atoms with Gasteiger partial charge in [-0.05, 0) is 61.9 Å². The average Bonchev–Trinajstić information content (AvgIpc) is 2.93. The Bertz CT molecular complexity index is 271. The maximum Gasteiger partial charge on any atom is 0.00257 e. The summed E-state index contributed by atoms with van der Waals surface area (Å²) in [6.07, 6.45) is 6.25. The van der Waals surface area contributed by atoms with Gasteiger partial charge in [-0.15, -0.1) is 12.4 Å². The molecule has 17 heavy (non-hydrogen) atoms. The molecular weight excluding hydrogens is 232 g/mol. The summed E-state index contributed by atoms with van der Waals surface area (Å²) in [7, 11) is 0. The monoisotopic (exact) mass is 256 g/mol. The van der Waals surface area contributed by atoms with E-state index in [0.717, 1.165) is 29.6 Å². The van der Waals surface area contributed by atoms with E-state index in [4.69, 9.17) is 0 Å². The van der Waals surface area contributed by atoms with Crippen molar-refractivity contribution in [2.24, 2.45) is 29.6 Å².